The van der Waals surface area contributed by atoms with Crippen LogP contribution in [0.25, 0.3) is 16.9 Å². The Bertz CT molecular complexity index is 1280. The molecule has 3 rings (SSSR count). The highest BCUT2D eigenvalue weighted by molar-refractivity contribution is 5.93. The van der Waals surface area contributed by atoms with E-state index in [-0.39, 0.29) is 42.5 Å². The van der Waals surface area contributed by atoms with Gasteiger partial charge in [-0.3, -0.25) is 9.59 Å². The zero-order valence-corrected chi connectivity index (χ0v) is 22.3. The van der Waals surface area contributed by atoms with E-state index in [4.69, 9.17) is 0 Å². The average molecular weight is 498 g/mol. The Morgan fingerprint density at radius 3 is 2.36 bits per heavy atom. The van der Waals surface area contributed by atoms with Crippen molar-refractivity contribution in [3.05, 3.63) is 53.1 Å². The highest BCUT2D eigenvalue weighted by Gasteiger charge is 2.29. The lowest BCUT2D eigenvalue weighted by Crippen LogP contribution is -2.48. The number of imidazole rings is 1. The first-order valence-corrected chi connectivity index (χ1v) is 12.2. The van der Waals surface area contributed by atoms with E-state index in [1.807, 2.05) is 39.8 Å². The van der Waals surface area contributed by atoms with Crippen LogP contribution in [0, 0.1) is 12.7 Å². The monoisotopic (exact) mass is 497 g/mol. The number of nitrogens with zero attached hydrogens (tertiary/aromatic N) is 5. The second-order valence-corrected chi connectivity index (χ2v) is 10.4. The summed E-state index contributed by atoms with van der Waals surface area (Å²) in [6.45, 7) is 13.0. The standard InChI is InChI=1S/C27H36FN5O3/c1-16(2)20-14-22(19-10-9-18(5)21(28)13-19)30-33-15-23(29-24(20)33)25(34)32(17(3)4)12-11-31(8)26(35)27(6,7)36/h9-10,13-17,36H,11-12H2,1-8H3. The molecule has 9 heteroatoms. The maximum atomic E-state index is 14.2. The Morgan fingerprint density at radius 1 is 1.14 bits per heavy atom. The van der Waals surface area contributed by atoms with E-state index in [2.05, 4.69) is 10.1 Å². The smallest absolute Gasteiger partial charge is 0.274 e. The molecule has 36 heavy (non-hydrogen) atoms. The number of benzene rings is 1. The lowest BCUT2D eigenvalue weighted by atomic mass is 10.0. The zero-order valence-electron chi connectivity index (χ0n) is 22.3. The van der Waals surface area contributed by atoms with Gasteiger partial charge in [0.25, 0.3) is 11.8 Å². The van der Waals surface area contributed by atoms with E-state index in [0.717, 1.165) is 5.56 Å². The highest BCUT2D eigenvalue weighted by Crippen LogP contribution is 2.27. The van der Waals surface area contributed by atoms with Crippen molar-refractivity contribution in [3.63, 3.8) is 0 Å². The van der Waals surface area contributed by atoms with Crippen molar-refractivity contribution in [2.75, 3.05) is 20.1 Å². The Hall–Kier alpha value is -3.33. The molecule has 1 N–H and O–H groups in total. The molecule has 2 heterocycles. The number of fused-ring (bicyclic) bond motifs is 1. The van der Waals surface area contributed by atoms with Gasteiger partial charge in [0.1, 0.15) is 17.1 Å². The van der Waals surface area contributed by atoms with Gasteiger partial charge in [0.2, 0.25) is 0 Å². The maximum absolute atomic E-state index is 14.2. The van der Waals surface area contributed by atoms with Crippen molar-refractivity contribution < 1.29 is 19.1 Å². The SMILES string of the molecule is Cc1ccc(-c2cc(C(C)C)c3nc(C(=O)N(CCN(C)C(=O)C(C)(C)O)C(C)C)cn3n2)cc1F. The van der Waals surface area contributed by atoms with Crippen LogP contribution < -0.4 is 0 Å². The summed E-state index contributed by atoms with van der Waals surface area (Å²) in [5, 5.41) is 14.6. The predicted octanol–water partition coefficient (Wildman–Crippen LogP) is 4.05. The van der Waals surface area contributed by atoms with Crippen molar-refractivity contribution in [2.24, 2.45) is 0 Å². The van der Waals surface area contributed by atoms with Crippen LogP contribution in [0.5, 0.6) is 0 Å². The number of aryl methyl sites for hydroxylation is 1. The van der Waals surface area contributed by atoms with Crippen molar-refractivity contribution in [3.8, 4) is 11.3 Å². The summed E-state index contributed by atoms with van der Waals surface area (Å²) >= 11 is 0. The summed E-state index contributed by atoms with van der Waals surface area (Å²) in [7, 11) is 1.60. The number of carbonyl (C=O) groups is 2. The molecular formula is C27H36FN5O3. The number of hydrogen-bond donors (Lipinski definition) is 1. The van der Waals surface area contributed by atoms with Crippen LogP contribution in [0.15, 0.2) is 30.5 Å². The van der Waals surface area contributed by atoms with Crippen LogP contribution in [0.1, 0.15) is 69.1 Å². The van der Waals surface area contributed by atoms with Crippen molar-refractivity contribution in [1.82, 2.24) is 24.4 Å². The molecule has 0 aliphatic heterocycles. The molecule has 0 aliphatic carbocycles. The second kappa shape index (κ2) is 10.3. The van der Waals surface area contributed by atoms with Crippen LogP contribution in [-0.4, -0.2) is 73.1 Å². The molecule has 0 saturated carbocycles. The molecule has 0 radical (unpaired) electrons. The van der Waals surface area contributed by atoms with Gasteiger partial charge < -0.3 is 14.9 Å². The lowest BCUT2D eigenvalue weighted by molar-refractivity contribution is -0.146. The molecule has 0 spiro atoms. The van der Waals surface area contributed by atoms with Gasteiger partial charge in [-0.1, -0.05) is 26.0 Å². The molecule has 194 valence electrons. The molecule has 2 amide bonds. The van der Waals surface area contributed by atoms with Gasteiger partial charge in [0, 0.05) is 37.3 Å². The van der Waals surface area contributed by atoms with E-state index < -0.39 is 11.5 Å². The summed E-state index contributed by atoms with van der Waals surface area (Å²) in [6.07, 6.45) is 1.60. The van der Waals surface area contributed by atoms with Crippen LogP contribution in [-0.2, 0) is 4.79 Å². The number of amides is 2. The third-order valence-corrected chi connectivity index (χ3v) is 6.19. The third kappa shape index (κ3) is 5.73. The number of carbonyl (C=O) groups excluding carboxylic acids is 2. The third-order valence-electron chi connectivity index (χ3n) is 6.19. The van der Waals surface area contributed by atoms with E-state index in [9.17, 15) is 19.1 Å². The van der Waals surface area contributed by atoms with E-state index in [1.165, 1.54) is 24.8 Å². The van der Waals surface area contributed by atoms with Crippen LogP contribution >= 0.6 is 0 Å². The minimum Gasteiger partial charge on any atom is -0.381 e. The first-order valence-electron chi connectivity index (χ1n) is 12.2. The number of halogens is 1. The molecular weight excluding hydrogens is 461 g/mol. The molecule has 3 aromatic rings. The van der Waals surface area contributed by atoms with Gasteiger partial charge in [-0.15, -0.1) is 0 Å². The van der Waals surface area contributed by atoms with Crippen LogP contribution in [0.4, 0.5) is 4.39 Å². The minimum absolute atomic E-state index is 0.0950. The zero-order chi connectivity index (χ0) is 26.9. The van der Waals surface area contributed by atoms with Crippen molar-refractivity contribution in [2.45, 2.75) is 66.0 Å². The van der Waals surface area contributed by atoms with E-state index in [0.29, 0.717) is 22.5 Å². The first kappa shape index (κ1) is 27.3. The van der Waals surface area contributed by atoms with Gasteiger partial charge in [-0.05, 0) is 58.2 Å². The van der Waals surface area contributed by atoms with Crippen LogP contribution in [0.2, 0.25) is 0 Å². The largest absolute Gasteiger partial charge is 0.381 e. The summed E-state index contributed by atoms with van der Waals surface area (Å²) in [4.78, 5) is 33.5. The summed E-state index contributed by atoms with van der Waals surface area (Å²) in [5.41, 5.74) is 2.01. The quantitative estimate of drug-likeness (QED) is 0.507. The Balaban J connectivity index is 1.96. The molecule has 0 fully saturated rings. The number of likely N-dealkylation sites (N-methyl/N-ethyl adjacent to an activating group) is 1. The topological polar surface area (TPSA) is 91.0 Å². The highest BCUT2D eigenvalue weighted by atomic mass is 19.1. The Labute approximate surface area is 211 Å². The first-order chi connectivity index (χ1) is 16.7. The Morgan fingerprint density at radius 2 is 1.81 bits per heavy atom. The van der Waals surface area contributed by atoms with Crippen LogP contribution in [0.3, 0.4) is 0 Å². The lowest BCUT2D eigenvalue weighted by Gasteiger charge is -2.30. The van der Waals surface area contributed by atoms with Gasteiger partial charge in [0.15, 0.2) is 5.65 Å². The van der Waals surface area contributed by atoms with E-state index in [1.54, 1.807) is 35.6 Å². The fourth-order valence-corrected chi connectivity index (χ4v) is 3.99. The van der Waals surface area contributed by atoms with Gasteiger partial charge in [0.05, 0.1) is 11.9 Å². The predicted molar refractivity (Wildman–Crippen MR) is 137 cm³/mol. The summed E-state index contributed by atoms with van der Waals surface area (Å²) in [6, 6.07) is 6.75. The van der Waals surface area contributed by atoms with E-state index >= 15 is 0 Å². The number of aliphatic hydroxyl groups is 1. The molecule has 0 aliphatic rings. The average Bonchev–Trinajstić information content (AvgIpc) is 3.22. The molecule has 1 aromatic carbocycles. The second-order valence-electron chi connectivity index (χ2n) is 10.4. The normalized spacial score (nSPS) is 12.0. The molecule has 0 bridgehead atoms. The van der Waals surface area contributed by atoms with Crippen molar-refractivity contribution >= 4 is 17.5 Å². The Kier molecular flexibility index (Phi) is 7.83. The maximum Gasteiger partial charge on any atom is 0.274 e. The molecule has 2 aromatic heterocycles. The fourth-order valence-electron chi connectivity index (χ4n) is 3.99. The molecule has 0 unspecified atom stereocenters. The summed E-state index contributed by atoms with van der Waals surface area (Å²) < 4.78 is 15.8. The number of rotatable bonds is 8. The minimum atomic E-state index is -1.49. The molecule has 8 nitrogen and oxygen atoms in total. The number of aromatic nitrogens is 3. The van der Waals surface area contributed by atoms with Gasteiger partial charge in [-0.2, -0.15) is 5.10 Å². The fraction of sp³-hybridized carbons (Fsp3) is 0.481. The van der Waals surface area contributed by atoms with Gasteiger partial charge in [-0.25, -0.2) is 13.9 Å². The van der Waals surface area contributed by atoms with Crippen molar-refractivity contribution in [1.29, 1.82) is 0 Å². The summed E-state index contributed by atoms with van der Waals surface area (Å²) in [5.74, 6) is -0.908. The molecule has 0 atom stereocenters. The molecule has 0 saturated heterocycles. The van der Waals surface area contributed by atoms with Gasteiger partial charge >= 0.3 is 0 Å². The number of hydrogen-bond acceptors (Lipinski definition) is 5.